The highest BCUT2D eigenvalue weighted by Gasteiger charge is 2.57. The van der Waals surface area contributed by atoms with Gasteiger partial charge in [0.1, 0.15) is 5.75 Å². The number of hydrogen-bond donors (Lipinski definition) is 3. The molecule has 4 atom stereocenters. The van der Waals surface area contributed by atoms with Crippen molar-refractivity contribution in [2.24, 2.45) is 17.8 Å². The molecule has 220 valence electrons. The fourth-order valence-corrected chi connectivity index (χ4v) is 7.27. The van der Waals surface area contributed by atoms with E-state index in [1.54, 1.807) is 24.3 Å². The van der Waals surface area contributed by atoms with Crippen LogP contribution < -0.4 is 10.2 Å². The number of amides is 2. The van der Waals surface area contributed by atoms with Gasteiger partial charge >= 0.3 is 7.12 Å². The highest BCUT2D eigenvalue weighted by molar-refractivity contribution is 9.10. The number of nitrogens with zero attached hydrogens (tertiary/aromatic N) is 1. The molecule has 0 aromatic heterocycles. The van der Waals surface area contributed by atoms with E-state index in [-0.39, 0.29) is 35.9 Å². The van der Waals surface area contributed by atoms with Gasteiger partial charge in [-0.25, -0.2) is 0 Å². The van der Waals surface area contributed by atoms with E-state index < -0.39 is 19.0 Å². The highest BCUT2D eigenvalue weighted by Crippen LogP contribution is 2.51. The minimum absolute atomic E-state index is 0.178. The predicted molar refractivity (Wildman–Crippen MR) is 173 cm³/mol. The standard InChI is InChI=1S/C34H34BBrN2O5/c1-20(16-22-18-23(36)9-14-29(22)39)8-15-30-31-21(2)17-27-32(28(31)19-35(42)43-30)34(41)38(33(27)40)26-12-10-25(11-13-26)37-24-6-4-3-5-7-24/h3-7,9-14,16,18,27-28,30,32,37,39,42H,8,15,17,19H2,1-2H3/b20-16+/t27-,28+,30-,32-/m1/s1. The van der Waals surface area contributed by atoms with Crippen molar-refractivity contribution < 1.29 is 24.4 Å². The maximum Gasteiger partial charge on any atom is 0.455 e. The summed E-state index contributed by atoms with van der Waals surface area (Å²) in [7, 11) is -1.01. The smallest absolute Gasteiger partial charge is 0.455 e. The lowest BCUT2D eigenvalue weighted by molar-refractivity contribution is -0.122. The van der Waals surface area contributed by atoms with Crippen molar-refractivity contribution in [2.45, 2.75) is 45.5 Å². The van der Waals surface area contributed by atoms with Gasteiger partial charge in [0.2, 0.25) is 11.8 Å². The molecule has 9 heteroatoms. The third-order valence-corrected chi connectivity index (χ3v) is 9.33. The molecule has 0 radical (unpaired) electrons. The Balaban J connectivity index is 1.20. The third kappa shape index (κ3) is 5.94. The number of para-hydroxylation sites is 1. The molecule has 3 N–H and O–H groups in total. The van der Waals surface area contributed by atoms with Gasteiger partial charge in [0.25, 0.3) is 0 Å². The average Bonchev–Trinajstić information content (AvgIpc) is 3.23. The van der Waals surface area contributed by atoms with Crippen LogP contribution in [0.1, 0.15) is 38.7 Å². The summed E-state index contributed by atoms with van der Waals surface area (Å²) in [5.41, 5.74) is 6.28. The molecular formula is C34H34BBrN2O5. The second-order valence-electron chi connectivity index (χ2n) is 11.8. The fraction of sp³-hybridized carbons (Fsp3) is 0.294. The van der Waals surface area contributed by atoms with Gasteiger partial charge < -0.3 is 20.1 Å². The Morgan fingerprint density at radius 1 is 1.05 bits per heavy atom. The van der Waals surface area contributed by atoms with Crippen LogP contribution in [0.25, 0.3) is 6.08 Å². The second-order valence-corrected chi connectivity index (χ2v) is 12.7. The Bertz CT molecular complexity index is 1610. The molecule has 0 saturated carbocycles. The van der Waals surface area contributed by atoms with Crippen LogP contribution in [-0.2, 0) is 14.2 Å². The molecule has 3 aromatic rings. The van der Waals surface area contributed by atoms with Crippen molar-refractivity contribution >= 4 is 58.0 Å². The lowest BCUT2D eigenvalue weighted by Crippen LogP contribution is -2.46. The third-order valence-electron chi connectivity index (χ3n) is 8.83. The number of aromatic hydroxyl groups is 1. The molecule has 2 heterocycles. The van der Waals surface area contributed by atoms with Crippen molar-refractivity contribution in [2.75, 3.05) is 10.2 Å². The van der Waals surface area contributed by atoms with Crippen molar-refractivity contribution in [3.63, 3.8) is 0 Å². The Morgan fingerprint density at radius 3 is 2.51 bits per heavy atom. The zero-order valence-electron chi connectivity index (χ0n) is 24.2. The predicted octanol–water partition coefficient (Wildman–Crippen LogP) is 7.10. The largest absolute Gasteiger partial charge is 0.507 e. The number of hydrogen-bond acceptors (Lipinski definition) is 6. The van der Waals surface area contributed by atoms with Crippen LogP contribution in [0, 0.1) is 17.8 Å². The summed E-state index contributed by atoms with van der Waals surface area (Å²) in [6, 6.07) is 22.5. The first kappa shape index (κ1) is 29.4. The Hall–Kier alpha value is -3.66. The summed E-state index contributed by atoms with van der Waals surface area (Å²) in [5, 5.41) is 24.3. The van der Waals surface area contributed by atoms with Crippen LogP contribution >= 0.6 is 15.9 Å². The number of imide groups is 1. The summed E-state index contributed by atoms with van der Waals surface area (Å²) < 4.78 is 6.93. The number of phenolic OH excluding ortho intramolecular Hbond substituents is 1. The highest BCUT2D eigenvalue weighted by atomic mass is 79.9. The minimum atomic E-state index is -1.01. The molecule has 2 aliphatic heterocycles. The number of fused-ring (bicyclic) bond motifs is 3. The van der Waals surface area contributed by atoms with E-state index in [2.05, 4.69) is 21.2 Å². The number of halogens is 1. The topological polar surface area (TPSA) is 99.1 Å². The van der Waals surface area contributed by atoms with Gasteiger partial charge in [-0.3, -0.25) is 14.5 Å². The van der Waals surface area contributed by atoms with E-state index in [9.17, 15) is 19.7 Å². The number of benzene rings is 3. The van der Waals surface area contributed by atoms with Crippen molar-refractivity contribution in [3.05, 3.63) is 99.6 Å². The summed E-state index contributed by atoms with van der Waals surface area (Å²) >= 11 is 3.45. The minimum Gasteiger partial charge on any atom is -0.507 e. The second kappa shape index (κ2) is 12.1. The van der Waals surface area contributed by atoms with Crippen molar-refractivity contribution in [1.29, 1.82) is 0 Å². The Labute approximate surface area is 260 Å². The maximum absolute atomic E-state index is 13.9. The molecule has 3 aliphatic rings. The van der Waals surface area contributed by atoms with E-state index >= 15 is 0 Å². The van der Waals surface area contributed by atoms with Crippen LogP contribution in [0.3, 0.4) is 0 Å². The first-order chi connectivity index (χ1) is 20.7. The van der Waals surface area contributed by atoms with Gasteiger partial charge in [-0.15, -0.1) is 0 Å². The van der Waals surface area contributed by atoms with Crippen molar-refractivity contribution in [1.82, 2.24) is 0 Å². The van der Waals surface area contributed by atoms with E-state index in [1.807, 2.05) is 68.5 Å². The SMILES string of the molecule is CC1=C2[C@@H](CC/C(C)=C/c3cc(Br)ccc3O)OB(O)C[C@@H]2[C@@H]2C(=O)N(c3ccc(Nc4ccccc4)cc3)C(=O)[C@@H]2C1. The van der Waals surface area contributed by atoms with Crippen molar-refractivity contribution in [3.8, 4) is 5.75 Å². The molecule has 2 saturated heterocycles. The summed E-state index contributed by atoms with van der Waals surface area (Å²) in [4.78, 5) is 29.0. The lowest BCUT2D eigenvalue weighted by Gasteiger charge is -2.42. The van der Waals surface area contributed by atoms with Crippen LogP contribution in [-0.4, -0.2) is 35.2 Å². The summed E-state index contributed by atoms with van der Waals surface area (Å²) in [5.74, 6) is -1.41. The molecule has 0 bridgehead atoms. The van der Waals surface area contributed by atoms with Gasteiger partial charge in [0.15, 0.2) is 0 Å². The summed E-state index contributed by atoms with van der Waals surface area (Å²) in [6.07, 6.45) is 3.70. The van der Waals surface area contributed by atoms with Crippen LogP contribution in [0.2, 0.25) is 6.32 Å². The number of carbonyl (C=O) groups excluding carboxylic acids is 2. The molecule has 0 spiro atoms. The monoisotopic (exact) mass is 640 g/mol. The van der Waals surface area contributed by atoms with E-state index in [0.717, 1.165) is 38.1 Å². The number of rotatable bonds is 7. The normalized spacial score (nSPS) is 23.9. The summed E-state index contributed by atoms with van der Waals surface area (Å²) in [6.45, 7) is 4.03. The van der Waals surface area contributed by atoms with Gasteiger partial charge in [-0.2, -0.15) is 0 Å². The zero-order chi connectivity index (χ0) is 30.2. The Kier molecular flexibility index (Phi) is 8.31. The molecule has 43 heavy (non-hydrogen) atoms. The Morgan fingerprint density at radius 2 is 1.77 bits per heavy atom. The quantitative estimate of drug-likeness (QED) is 0.145. The van der Waals surface area contributed by atoms with Gasteiger partial charge in [-0.1, -0.05) is 51.4 Å². The number of carbonyl (C=O) groups is 2. The van der Waals surface area contributed by atoms with Gasteiger partial charge in [0, 0.05) is 21.4 Å². The molecule has 3 aromatic carbocycles. The van der Waals surface area contributed by atoms with E-state index in [0.29, 0.717) is 24.9 Å². The zero-order valence-corrected chi connectivity index (χ0v) is 25.8. The number of allylic oxidation sites excluding steroid dienone is 2. The van der Waals surface area contributed by atoms with Crippen LogP contribution in [0.5, 0.6) is 5.75 Å². The fourth-order valence-electron chi connectivity index (χ4n) is 6.89. The number of anilines is 3. The first-order valence-corrected chi connectivity index (χ1v) is 15.5. The molecule has 0 unspecified atom stereocenters. The van der Waals surface area contributed by atoms with Crippen LogP contribution in [0.15, 0.2) is 94.0 Å². The molecule has 2 amide bonds. The van der Waals surface area contributed by atoms with Gasteiger partial charge in [0.05, 0.1) is 23.6 Å². The molecule has 2 fully saturated rings. The lowest BCUT2D eigenvalue weighted by atomic mass is 9.59. The molecule has 7 nitrogen and oxygen atoms in total. The van der Waals surface area contributed by atoms with E-state index in [4.69, 9.17) is 4.65 Å². The number of nitrogens with one attached hydrogen (secondary N) is 1. The first-order valence-electron chi connectivity index (χ1n) is 14.7. The molecule has 1 aliphatic carbocycles. The molecular weight excluding hydrogens is 607 g/mol. The van der Waals surface area contributed by atoms with Gasteiger partial charge in [-0.05, 0) is 106 Å². The molecule has 6 rings (SSSR count). The number of phenols is 1. The maximum atomic E-state index is 13.9. The average molecular weight is 641 g/mol. The van der Waals surface area contributed by atoms with E-state index in [1.165, 1.54) is 4.90 Å². The van der Waals surface area contributed by atoms with Crippen LogP contribution in [0.4, 0.5) is 17.1 Å².